The maximum absolute atomic E-state index is 6.05. The smallest absolute Gasteiger partial charge is 0.188 e. The Morgan fingerprint density at radius 1 is 1.07 bits per heavy atom. The molecule has 0 radical (unpaired) electrons. The number of nitrogens with two attached hydrogens (primary N) is 1. The van der Waals surface area contributed by atoms with E-state index in [0.717, 1.165) is 41.2 Å². The highest BCUT2D eigenvalue weighted by atomic mass is 16.5. The first kappa shape index (κ1) is 21.4. The zero-order valence-corrected chi connectivity index (χ0v) is 17.2. The number of hydrogen-bond acceptors (Lipinski definition) is 4. The Hall–Kier alpha value is -2.89. The van der Waals surface area contributed by atoms with E-state index in [0.29, 0.717) is 19.0 Å². The number of benzene rings is 2. The van der Waals surface area contributed by atoms with Crippen LogP contribution >= 0.6 is 0 Å². The second-order valence-corrected chi connectivity index (χ2v) is 6.51. The molecule has 0 aliphatic carbocycles. The third-order valence-corrected chi connectivity index (χ3v) is 4.48. The number of nitrogens with one attached hydrogen (secondary N) is 1. The van der Waals surface area contributed by atoms with Crippen LogP contribution < -0.4 is 25.3 Å². The van der Waals surface area contributed by atoms with Gasteiger partial charge in [-0.05, 0) is 49.1 Å². The van der Waals surface area contributed by atoms with Crippen LogP contribution in [-0.2, 0) is 6.42 Å². The van der Waals surface area contributed by atoms with Crippen molar-refractivity contribution in [2.75, 3.05) is 27.3 Å². The van der Waals surface area contributed by atoms with E-state index in [1.807, 2.05) is 49.4 Å². The van der Waals surface area contributed by atoms with Crippen molar-refractivity contribution in [2.24, 2.45) is 10.7 Å². The lowest BCUT2D eigenvalue weighted by Gasteiger charge is -2.17. The average molecular weight is 386 g/mol. The Labute approximate surface area is 167 Å². The molecule has 0 saturated carbocycles. The standard InChI is InChI=1S/C22H31N3O3/c1-5-18(28-19-9-7-6-8-16(19)2)15-25-22(23)24-13-12-17-10-11-20(26-3)21(14-17)27-4/h6-11,14,18H,5,12-13,15H2,1-4H3,(H3,23,24,25). The number of nitrogens with zero attached hydrogens (tertiary/aromatic N) is 1. The molecule has 0 amide bonds. The van der Waals surface area contributed by atoms with Crippen molar-refractivity contribution in [1.82, 2.24) is 5.32 Å². The van der Waals surface area contributed by atoms with Gasteiger partial charge in [0.2, 0.25) is 0 Å². The number of guanidine groups is 1. The summed E-state index contributed by atoms with van der Waals surface area (Å²) in [4.78, 5) is 4.43. The summed E-state index contributed by atoms with van der Waals surface area (Å²) in [6.45, 7) is 5.31. The zero-order chi connectivity index (χ0) is 20.4. The average Bonchev–Trinajstić information content (AvgIpc) is 2.72. The van der Waals surface area contributed by atoms with E-state index < -0.39 is 0 Å². The molecule has 0 aliphatic rings. The van der Waals surface area contributed by atoms with E-state index in [-0.39, 0.29) is 6.10 Å². The summed E-state index contributed by atoms with van der Waals surface area (Å²) in [7, 11) is 3.26. The van der Waals surface area contributed by atoms with Gasteiger partial charge >= 0.3 is 0 Å². The van der Waals surface area contributed by atoms with Crippen LogP contribution in [0, 0.1) is 6.92 Å². The molecule has 0 fully saturated rings. The Balaban J connectivity index is 1.82. The van der Waals surface area contributed by atoms with E-state index in [4.69, 9.17) is 19.9 Å². The van der Waals surface area contributed by atoms with Gasteiger partial charge in [-0.3, -0.25) is 0 Å². The van der Waals surface area contributed by atoms with Gasteiger partial charge in [0, 0.05) is 6.54 Å². The van der Waals surface area contributed by atoms with Crippen LogP contribution in [0.5, 0.6) is 17.2 Å². The van der Waals surface area contributed by atoms with Crippen LogP contribution in [0.3, 0.4) is 0 Å². The summed E-state index contributed by atoms with van der Waals surface area (Å²) < 4.78 is 16.6. The molecule has 0 bridgehead atoms. The molecule has 0 saturated heterocycles. The van der Waals surface area contributed by atoms with Gasteiger partial charge in [-0.2, -0.15) is 0 Å². The van der Waals surface area contributed by atoms with Gasteiger partial charge in [0.05, 0.1) is 20.8 Å². The Kier molecular flexibility index (Phi) is 8.46. The van der Waals surface area contributed by atoms with Gasteiger partial charge in [0.15, 0.2) is 17.5 Å². The molecule has 2 aromatic rings. The Morgan fingerprint density at radius 3 is 2.50 bits per heavy atom. The quantitative estimate of drug-likeness (QED) is 0.485. The number of methoxy groups -OCH3 is 2. The fourth-order valence-electron chi connectivity index (χ4n) is 2.75. The van der Waals surface area contributed by atoms with Gasteiger partial charge in [-0.25, -0.2) is 4.99 Å². The van der Waals surface area contributed by atoms with Crippen molar-refractivity contribution >= 4 is 5.96 Å². The van der Waals surface area contributed by atoms with Crippen molar-refractivity contribution in [1.29, 1.82) is 0 Å². The number of hydrogen-bond donors (Lipinski definition) is 2. The lowest BCUT2D eigenvalue weighted by molar-refractivity contribution is 0.204. The third kappa shape index (κ3) is 6.37. The number of aliphatic imine (C=N–C) groups is 1. The van der Waals surface area contributed by atoms with Gasteiger partial charge in [-0.15, -0.1) is 0 Å². The van der Waals surface area contributed by atoms with Crippen molar-refractivity contribution in [3.05, 3.63) is 53.6 Å². The minimum atomic E-state index is -0.00713. The second-order valence-electron chi connectivity index (χ2n) is 6.51. The predicted molar refractivity (Wildman–Crippen MR) is 114 cm³/mol. The highest BCUT2D eigenvalue weighted by Gasteiger charge is 2.09. The SMILES string of the molecule is CCC(CN=C(N)NCCc1ccc(OC)c(OC)c1)Oc1ccccc1C. The molecule has 1 unspecified atom stereocenters. The van der Waals surface area contributed by atoms with Crippen molar-refractivity contribution < 1.29 is 14.2 Å². The van der Waals surface area contributed by atoms with E-state index >= 15 is 0 Å². The number of ether oxygens (including phenoxy) is 3. The summed E-state index contributed by atoms with van der Waals surface area (Å²) >= 11 is 0. The maximum atomic E-state index is 6.05. The van der Waals surface area contributed by atoms with Gasteiger partial charge in [0.1, 0.15) is 11.9 Å². The van der Waals surface area contributed by atoms with Gasteiger partial charge < -0.3 is 25.3 Å². The normalized spacial score (nSPS) is 12.4. The van der Waals surface area contributed by atoms with Crippen LogP contribution in [-0.4, -0.2) is 39.4 Å². The first-order valence-electron chi connectivity index (χ1n) is 9.54. The zero-order valence-electron chi connectivity index (χ0n) is 17.2. The molecule has 0 heterocycles. The van der Waals surface area contributed by atoms with Gasteiger partial charge in [0.25, 0.3) is 0 Å². The molecular formula is C22H31N3O3. The Morgan fingerprint density at radius 2 is 1.82 bits per heavy atom. The highest BCUT2D eigenvalue weighted by molar-refractivity contribution is 5.77. The second kappa shape index (κ2) is 11.1. The molecule has 6 nitrogen and oxygen atoms in total. The molecule has 2 aromatic carbocycles. The Bertz CT molecular complexity index is 777. The molecule has 152 valence electrons. The van der Waals surface area contributed by atoms with E-state index in [2.05, 4.69) is 17.2 Å². The molecule has 28 heavy (non-hydrogen) atoms. The van der Waals surface area contributed by atoms with Crippen molar-refractivity contribution in [3.8, 4) is 17.2 Å². The first-order chi connectivity index (χ1) is 13.6. The number of aryl methyl sites for hydroxylation is 1. The predicted octanol–water partition coefficient (Wildman–Crippen LogP) is 3.32. The summed E-state index contributed by atoms with van der Waals surface area (Å²) in [6.07, 6.45) is 1.65. The maximum Gasteiger partial charge on any atom is 0.188 e. The minimum absolute atomic E-state index is 0.00713. The van der Waals surface area contributed by atoms with Crippen molar-refractivity contribution in [2.45, 2.75) is 32.8 Å². The number of para-hydroxylation sites is 1. The molecule has 0 spiro atoms. The van der Waals surface area contributed by atoms with E-state index in [9.17, 15) is 0 Å². The van der Waals surface area contributed by atoms with Crippen LogP contribution in [0.15, 0.2) is 47.5 Å². The van der Waals surface area contributed by atoms with Crippen LogP contribution in [0.25, 0.3) is 0 Å². The fourth-order valence-corrected chi connectivity index (χ4v) is 2.75. The van der Waals surface area contributed by atoms with Crippen LogP contribution in [0.2, 0.25) is 0 Å². The van der Waals surface area contributed by atoms with Crippen molar-refractivity contribution in [3.63, 3.8) is 0 Å². The van der Waals surface area contributed by atoms with Crippen LogP contribution in [0.4, 0.5) is 0 Å². The molecule has 3 N–H and O–H groups in total. The summed E-state index contributed by atoms with van der Waals surface area (Å²) in [6, 6.07) is 13.9. The molecule has 1 atom stereocenters. The van der Waals surface area contributed by atoms with E-state index in [1.54, 1.807) is 14.2 Å². The minimum Gasteiger partial charge on any atom is -0.493 e. The van der Waals surface area contributed by atoms with Gasteiger partial charge in [-0.1, -0.05) is 31.2 Å². The lowest BCUT2D eigenvalue weighted by Crippen LogP contribution is -2.34. The third-order valence-electron chi connectivity index (χ3n) is 4.48. The molecule has 2 rings (SSSR count). The largest absolute Gasteiger partial charge is 0.493 e. The molecule has 0 aliphatic heterocycles. The fraction of sp³-hybridized carbons (Fsp3) is 0.409. The molecule has 0 aromatic heterocycles. The lowest BCUT2D eigenvalue weighted by atomic mass is 10.1. The topological polar surface area (TPSA) is 78.1 Å². The summed E-state index contributed by atoms with van der Waals surface area (Å²) in [5, 5.41) is 3.15. The first-order valence-corrected chi connectivity index (χ1v) is 9.54. The summed E-state index contributed by atoms with van der Waals surface area (Å²) in [5.41, 5.74) is 8.25. The monoisotopic (exact) mass is 385 g/mol. The van der Waals surface area contributed by atoms with E-state index in [1.165, 1.54) is 0 Å². The summed E-state index contributed by atoms with van der Waals surface area (Å²) in [5.74, 6) is 2.76. The molecular weight excluding hydrogens is 354 g/mol. The highest BCUT2D eigenvalue weighted by Crippen LogP contribution is 2.27. The molecule has 6 heteroatoms. The number of rotatable bonds is 10. The van der Waals surface area contributed by atoms with Crippen LogP contribution in [0.1, 0.15) is 24.5 Å².